The number of hydrogen-bond donors (Lipinski definition) is 1. The van der Waals surface area contributed by atoms with Crippen molar-refractivity contribution in [2.45, 2.75) is 53.0 Å². The van der Waals surface area contributed by atoms with Crippen LogP contribution in [-0.2, 0) is 6.54 Å². The van der Waals surface area contributed by atoms with Crippen LogP contribution in [0.1, 0.15) is 66.4 Å². The van der Waals surface area contributed by atoms with E-state index < -0.39 is 0 Å². The Balaban J connectivity index is 0.00000119. The summed E-state index contributed by atoms with van der Waals surface area (Å²) in [4.78, 5) is 9.46. The molecular formula is C27H33BrN4. The largest absolute Gasteiger partial charge is 0.331 e. The van der Waals surface area contributed by atoms with Crippen LogP contribution >= 0.6 is 15.9 Å². The summed E-state index contributed by atoms with van der Waals surface area (Å²) in [6.07, 6.45) is 10.7. The van der Waals surface area contributed by atoms with Crippen molar-refractivity contribution in [1.82, 2.24) is 19.9 Å². The van der Waals surface area contributed by atoms with E-state index >= 15 is 0 Å². The topological polar surface area (TPSA) is 42.7 Å². The Morgan fingerprint density at radius 1 is 1.09 bits per heavy atom. The first-order chi connectivity index (χ1) is 15.6. The highest BCUT2D eigenvalue weighted by Gasteiger charge is 2.33. The predicted molar refractivity (Wildman–Crippen MR) is 137 cm³/mol. The predicted octanol–water partition coefficient (Wildman–Crippen LogP) is 6.37. The third-order valence-corrected chi connectivity index (χ3v) is 6.99. The van der Waals surface area contributed by atoms with Crippen molar-refractivity contribution in [2.24, 2.45) is 5.92 Å². The van der Waals surface area contributed by atoms with E-state index in [1.807, 2.05) is 26.2 Å². The second kappa shape index (κ2) is 10.1. The van der Waals surface area contributed by atoms with Crippen LogP contribution in [0.3, 0.4) is 0 Å². The molecule has 0 saturated carbocycles. The summed E-state index contributed by atoms with van der Waals surface area (Å²) in [6.45, 7) is 11.2. The standard InChI is InChI=1S/C25H27BrN4.C2H6/c1-16-3-4-22-19(11-16)12-20(15-30-10-9-28-17(30)2)23-13-21(26)14-29-25(23)24(22)18-5-7-27-8-6-18;1-2/h3-4,9-14,18,24,27H,5-8,15H2,1-2H3;1-2H3. The van der Waals surface area contributed by atoms with Crippen molar-refractivity contribution in [2.75, 3.05) is 13.1 Å². The van der Waals surface area contributed by atoms with Gasteiger partial charge in [-0.05, 0) is 90.5 Å². The van der Waals surface area contributed by atoms with E-state index in [9.17, 15) is 0 Å². The number of halogens is 1. The van der Waals surface area contributed by atoms with Crippen molar-refractivity contribution in [3.63, 3.8) is 0 Å². The number of aryl methyl sites for hydroxylation is 2. The van der Waals surface area contributed by atoms with Gasteiger partial charge in [-0.1, -0.05) is 37.6 Å². The van der Waals surface area contributed by atoms with Crippen LogP contribution in [0.2, 0.25) is 0 Å². The highest BCUT2D eigenvalue weighted by molar-refractivity contribution is 9.10. The molecule has 1 aliphatic heterocycles. The van der Waals surface area contributed by atoms with Crippen LogP contribution in [-0.4, -0.2) is 27.6 Å². The Hall–Kier alpha value is -2.24. The van der Waals surface area contributed by atoms with E-state index in [0.717, 1.165) is 29.9 Å². The van der Waals surface area contributed by atoms with Gasteiger partial charge in [-0.25, -0.2) is 4.98 Å². The first kappa shape index (κ1) is 22.9. The molecule has 0 amide bonds. The Morgan fingerprint density at radius 3 is 2.59 bits per heavy atom. The normalized spacial score (nSPS) is 18.0. The van der Waals surface area contributed by atoms with Gasteiger partial charge in [0, 0.05) is 41.1 Å². The summed E-state index contributed by atoms with van der Waals surface area (Å²) in [5, 5.41) is 3.53. The van der Waals surface area contributed by atoms with E-state index in [4.69, 9.17) is 4.98 Å². The molecule has 1 unspecified atom stereocenters. The summed E-state index contributed by atoms with van der Waals surface area (Å²) in [6, 6.07) is 9.19. The molecule has 32 heavy (non-hydrogen) atoms. The molecule has 168 valence electrons. The number of allylic oxidation sites excluding steroid dienone is 1. The molecule has 0 radical (unpaired) electrons. The van der Waals surface area contributed by atoms with Crippen LogP contribution in [0, 0.1) is 19.8 Å². The molecule has 0 spiro atoms. The zero-order chi connectivity index (χ0) is 22.7. The van der Waals surface area contributed by atoms with Gasteiger partial charge in [-0.3, -0.25) is 4.98 Å². The van der Waals surface area contributed by atoms with Crippen molar-refractivity contribution in [3.8, 4) is 0 Å². The lowest BCUT2D eigenvalue weighted by Gasteiger charge is -2.32. The third kappa shape index (κ3) is 4.60. The van der Waals surface area contributed by atoms with Crippen molar-refractivity contribution >= 4 is 27.6 Å². The zero-order valence-corrected chi connectivity index (χ0v) is 21.1. The minimum atomic E-state index is 0.323. The fourth-order valence-corrected chi connectivity index (χ4v) is 5.34. The Bertz CT molecular complexity index is 1110. The average molecular weight is 493 g/mol. The number of piperidine rings is 1. The number of nitrogens with zero attached hydrogens (tertiary/aromatic N) is 3. The third-order valence-electron chi connectivity index (χ3n) is 6.55. The molecule has 3 heterocycles. The summed E-state index contributed by atoms with van der Waals surface area (Å²) < 4.78 is 3.25. The van der Waals surface area contributed by atoms with Gasteiger partial charge in [0.15, 0.2) is 0 Å². The molecule has 1 saturated heterocycles. The van der Waals surface area contributed by atoms with Gasteiger partial charge in [0.1, 0.15) is 5.82 Å². The molecule has 4 nitrogen and oxygen atoms in total. The molecule has 0 bridgehead atoms. The minimum absolute atomic E-state index is 0.323. The first-order valence-corrected chi connectivity index (χ1v) is 12.5. The minimum Gasteiger partial charge on any atom is -0.331 e. The van der Waals surface area contributed by atoms with Crippen molar-refractivity contribution in [1.29, 1.82) is 0 Å². The van der Waals surface area contributed by atoms with Crippen LogP contribution in [0.4, 0.5) is 0 Å². The van der Waals surface area contributed by atoms with Gasteiger partial charge in [-0.15, -0.1) is 0 Å². The molecule has 5 heteroatoms. The van der Waals surface area contributed by atoms with Gasteiger partial charge >= 0.3 is 0 Å². The molecule has 3 aromatic rings. The van der Waals surface area contributed by atoms with E-state index in [0.29, 0.717) is 11.8 Å². The summed E-state index contributed by atoms with van der Waals surface area (Å²) in [7, 11) is 0. The van der Waals surface area contributed by atoms with Gasteiger partial charge in [0.25, 0.3) is 0 Å². The van der Waals surface area contributed by atoms with E-state index in [2.05, 4.69) is 81.2 Å². The maximum atomic E-state index is 5.03. The van der Waals surface area contributed by atoms with Crippen molar-refractivity contribution in [3.05, 3.63) is 81.1 Å². The molecule has 1 N–H and O–H groups in total. The summed E-state index contributed by atoms with van der Waals surface area (Å²) in [5.74, 6) is 1.95. The number of benzene rings is 1. The SMILES string of the molecule is CC.Cc1ccc2c(c1)C=C(Cn1ccnc1C)c1cc(Br)cnc1C2C1CCNCC1. The second-order valence-electron chi connectivity index (χ2n) is 8.56. The van der Waals surface area contributed by atoms with Crippen LogP contribution in [0.15, 0.2) is 47.3 Å². The van der Waals surface area contributed by atoms with E-state index in [-0.39, 0.29) is 0 Å². The maximum Gasteiger partial charge on any atom is 0.105 e. The Labute approximate surface area is 200 Å². The zero-order valence-electron chi connectivity index (χ0n) is 19.5. The lowest BCUT2D eigenvalue weighted by molar-refractivity contribution is 0.339. The molecular weight excluding hydrogens is 460 g/mol. The first-order valence-electron chi connectivity index (χ1n) is 11.8. The average Bonchev–Trinajstić information content (AvgIpc) is 3.16. The van der Waals surface area contributed by atoms with Crippen LogP contribution in [0.25, 0.3) is 11.6 Å². The number of rotatable bonds is 3. The molecule has 1 aliphatic carbocycles. The lowest BCUT2D eigenvalue weighted by atomic mass is 9.76. The van der Waals surface area contributed by atoms with Gasteiger partial charge in [0.2, 0.25) is 0 Å². The highest BCUT2D eigenvalue weighted by Crippen LogP contribution is 2.44. The molecule has 2 aromatic heterocycles. The number of fused-ring (bicyclic) bond motifs is 2. The van der Waals surface area contributed by atoms with E-state index in [1.165, 1.54) is 46.4 Å². The van der Waals surface area contributed by atoms with Crippen LogP contribution < -0.4 is 5.32 Å². The van der Waals surface area contributed by atoms with Crippen LogP contribution in [0.5, 0.6) is 0 Å². The lowest BCUT2D eigenvalue weighted by Crippen LogP contribution is -2.32. The molecule has 2 aliphatic rings. The number of nitrogens with one attached hydrogen (secondary N) is 1. The molecule has 1 atom stereocenters. The number of pyridine rings is 1. The quantitative estimate of drug-likeness (QED) is 0.461. The monoisotopic (exact) mass is 492 g/mol. The Kier molecular flexibility index (Phi) is 7.27. The fraction of sp³-hybridized carbons (Fsp3) is 0.407. The molecule has 5 rings (SSSR count). The van der Waals surface area contributed by atoms with Gasteiger partial charge < -0.3 is 9.88 Å². The van der Waals surface area contributed by atoms with E-state index in [1.54, 1.807) is 0 Å². The highest BCUT2D eigenvalue weighted by atomic mass is 79.9. The number of imidazole rings is 1. The smallest absolute Gasteiger partial charge is 0.105 e. The Morgan fingerprint density at radius 2 is 1.88 bits per heavy atom. The maximum absolute atomic E-state index is 5.03. The van der Waals surface area contributed by atoms with Gasteiger partial charge in [-0.2, -0.15) is 0 Å². The molecule has 1 aromatic carbocycles. The summed E-state index contributed by atoms with van der Waals surface area (Å²) in [5.41, 5.74) is 7.82. The summed E-state index contributed by atoms with van der Waals surface area (Å²) >= 11 is 3.68. The van der Waals surface area contributed by atoms with Gasteiger partial charge in [0.05, 0.1) is 5.69 Å². The molecule has 1 fully saturated rings. The van der Waals surface area contributed by atoms with Crippen molar-refractivity contribution < 1.29 is 0 Å². The number of hydrogen-bond acceptors (Lipinski definition) is 3. The fourth-order valence-electron chi connectivity index (χ4n) is 5.01. The second-order valence-corrected chi connectivity index (χ2v) is 9.47. The number of aromatic nitrogens is 3.